The summed E-state index contributed by atoms with van der Waals surface area (Å²) in [6.07, 6.45) is 0. The van der Waals surface area contributed by atoms with Crippen LogP contribution in [0.5, 0.6) is 5.75 Å². The van der Waals surface area contributed by atoms with E-state index in [0.29, 0.717) is 28.3 Å². The molecule has 3 rings (SSSR count). The first-order chi connectivity index (χ1) is 13.6. The van der Waals surface area contributed by atoms with Crippen LogP contribution in [0.3, 0.4) is 0 Å². The summed E-state index contributed by atoms with van der Waals surface area (Å²) in [6.45, 7) is 0.0901. The van der Waals surface area contributed by atoms with Crippen molar-refractivity contribution in [2.45, 2.75) is 6.61 Å². The number of hydrogen-bond acceptors (Lipinski definition) is 5. The number of carbonyl (C=O) groups excluding carboxylic acids is 2. The zero-order valence-electron chi connectivity index (χ0n) is 15.1. The molecule has 0 atom stereocenters. The zero-order valence-corrected chi connectivity index (χ0v) is 15.1. The smallest absolute Gasteiger partial charge is 0.291 e. The lowest BCUT2D eigenvalue weighted by Gasteiger charge is -2.06. The summed E-state index contributed by atoms with van der Waals surface area (Å²) in [5, 5.41) is 14.3. The van der Waals surface area contributed by atoms with E-state index in [4.69, 9.17) is 14.4 Å². The van der Waals surface area contributed by atoms with Gasteiger partial charge in [-0.05, 0) is 48.5 Å². The quantitative estimate of drug-likeness (QED) is 0.688. The molecule has 3 aromatic rings. The molecule has 2 N–H and O–H groups in total. The van der Waals surface area contributed by atoms with E-state index in [9.17, 15) is 9.59 Å². The summed E-state index contributed by atoms with van der Waals surface area (Å²) in [5.74, 6) is 0.405. The van der Waals surface area contributed by atoms with E-state index in [-0.39, 0.29) is 18.3 Å². The molecular weight excluding hydrogens is 358 g/mol. The summed E-state index contributed by atoms with van der Waals surface area (Å²) >= 11 is 0. The van der Waals surface area contributed by atoms with Crippen LogP contribution in [0.4, 0.5) is 5.69 Å². The number of nitrogens with zero attached hydrogens (tertiary/aromatic N) is 1. The highest BCUT2D eigenvalue weighted by Crippen LogP contribution is 2.19. The molecule has 7 nitrogen and oxygen atoms in total. The Morgan fingerprint density at radius 1 is 1.04 bits per heavy atom. The fourth-order valence-corrected chi connectivity index (χ4v) is 2.45. The van der Waals surface area contributed by atoms with Crippen LogP contribution in [-0.4, -0.2) is 18.9 Å². The molecule has 1 heterocycles. The van der Waals surface area contributed by atoms with Gasteiger partial charge in [-0.1, -0.05) is 12.1 Å². The Kier molecular flexibility index (Phi) is 5.72. The topological polar surface area (TPSA) is 104 Å². The molecule has 0 fully saturated rings. The summed E-state index contributed by atoms with van der Waals surface area (Å²) in [6, 6.07) is 18.6. The second-order valence-corrected chi connectivity index (χ2v) is 5.77. The third kappa shape index (κ3) is 4.37. The van der Waals surface area contributed by atoms with Crippen LogP contribution in [0.1, 0.15) is 32.2 Å². The van der Waals surface area contributed by atoms with Gasteiger partial charge in [0.05, 0.1) is 5.56 Å². The number of nitrogens with one attached hydrogen (secondary N) is 2. The Labute approximate surface area is 161 Å². The lowest BCUT2D eigenvalue weighted by atomic mass is 10.2. The third-order valence-corrected chi connectivity index (χ3v) is 3.89. The van der Waals surface area contributed by atoms with Crippen molar-refractivity contribution in [3.8, 4) is 11.8 Å². The predicted octanol–water partition coefficient (Wildman–Crippen LogP) is 3.34. The van der Waals surface area contributed by atoms with E-state index in [0.717, 1.165) is 0 Å². The molecule has 0 aliphatic heterocycles. The number of para-hydroxylation sites is 1. The van der Waals surface area contributed by atoms with Crippen molar-refractivity contribution in [2.24, 2.45) is 0 Å². The maximum absolute atomic E-state index is 12.3. The standard InChI is InChI=1S/C21H17N3O4/c1-23-20(25)14-6-8-16(9-7-14)24-21(26)19-11-10-17(28-19)13-27-18-5-3-2-4-15(18)12-22/h2-11H,13H2,1H3,(H,23,25)(H,24,26). The Balaban J connectivity index is 1.61. The minimum atomic E-state index is -0.420. The second kappa shape index (κ2) is 8.56. The predicted molar refractivity (Wildman–Crippen MR) is 102 cm³/mol. The van der Waals surface area contributed by atoms with Crippen molar-refractivity contribution in [1.29, 1.82) is 5.26 Å². The maximum atomic E-state index is 12.3. The van der Waals surface area contributed by atoms with Crippen LogP contribution >= 0.6 is 0 Å². The number of benzene rings is 2. The first-order valence-electron chi connectivity index (χ1n) is 8.45. The minimum Gasteiger partial charge on any atom is -0.484 e. The number of amides is 2. The van der Waals surface area contributed by atoms with E-state index < -0.39 is 5.91 Å². The van der Waals surface area contributed by atoms with Gasteiger partial charge in [0.2, 0.25) is 0 Å². The molecule has 2 aromatic carbocycles. The average Bonchev–Trinajstić information content (AvgIpc) is 3.21. The van der Waals surface area contributed by atoms with Gasteiger partial charge in [0.25, 0.3) is 11.8 Å². The van der Waals surface area contributed by atoms with Crippen molar-refractivity contribution >= 4 is 17.5 Å². The number of anilines is 1. The van der Waals surface area contributed by atoms with Gasteiger partial charge in [-0.2, -0.15) is 5.26 Å². The van der Waals surface area contributed by atoms with Crippen molar-refractivity contribution in [3.63, 3.8) is 0 Å². The number of rotatable bonds is 6. The highest BCUT2D eigenvalue weighted by Gasteiger charge is 2.13. The van der Waals surface area contributed by atoms with Gasteiger partial charge in [0.15, 0.2) is 5.76 Å². The van der Waals surface area contributed by atoms with E-state index in [1.807, 2.05) is 0 Å². The Hall–Kier alpha value is -4.05. The van der Waals surface area contributed by atoms with Crippen LogP contribution in [-0.2, 0) is 6.61 Å². The average molecular weight is 375 g/mol. The molecule has 0 radical (unpaired) electrons. The number of nitriles is 1. The molecule has 2 amide bonds. The van der Waals surface area contributed by atoms with Crippen molar-refractivity contribution in [3.05, 3.63) is 83.3 Å². The first kappa shape index (κ1) is 18.7. The number of hydrogen-bond donors (Lipinski definition) is 2. The van der Waals surface area contributed by atoms with Gasteiger partial charge in [0, 0.05) is 18.3 Å². The van der Waals surface area contributed by atoms with Gasteiger partial charge in [-0.3, -0.25) is 9.59 Å². The molecule has 1 aromatic heterocycles. The zero-order chi connectivity index (χ0) is 19.9. The lowest BCUT2D eigenvalue weighted by molar-refractivity contribution is 0.0961. The maximum Gasteiger partial charge on any atom is 0.291 e. The molecule has 0 spiro atoms. The van der Waals surface area contributed by atoms with Crippen molar-refractivity contribution < 1.29 is 18.7 Å². The number of furan rings is 1. The van der Waals surface area contributed by atoms with Crippen molar-refractivity contribution in [1.82, 2.24) is 5.32 Å². The fraction of sp³-hybridized carbons (Fsp3) is 0.0952. The van der Waals surface area contributed by atoms with E-state index in [1.54, 1.807) is 67.7 Å². The van der Waals surface area contributed by atoms with Gasteiger partial charge in [-0.15, -0.1) is 0 Å². The Morgan fingerprint density at radius 3 is 2.50 bits per heavy atom. The van der Waals surface area contributed by atoms with Crippen LogP contribution in [0, 0.1) is 11.3 Å². The minimum absolute atomic E-state index is 0.0901. The highest BCUT2D eigenvalue weighted by atomic mass is 16.5. The SMILES string of the molecule is CNC(=O)c1ccc(NC(=O)c2ccc(COc3ccccc3C#N)o2)cc1. The monoisotopic (exact) mass is 375 g/mol. The summed E-state index contributed by atoms with van der Waals surface area (Å²) in [4.78, 5) is 23.8. The fourth-order valence-electron chi connectivity index (χ4n) is 2.45. The van der Waals surface area contributed by atoms with E-state index >= 15 is 0 Å². The summed E-state index contributed by atoms with van der Waals surface area (Å²) < 4.78 is 11.1. The Bertz CT molecular complexity index is 1030. The largest absolute Gasteiger partial charge is 0.484 e. The molecule has 0 aliphatic rings. The van der Waals surface area contributed by atoms with Crippen LogP contribution < -0.4 is 15.4 Å². The van der Waals surface area contributed by atoms with Gasteiger partial charge in [0.1, 0.15) is 24.2 Å². The lowest BCUT2D eigenvalue weighted by Crippen LogP contribution is -2.17. The number of carbonyl (C=O) groups is 2. The van der Waals surface area contributed by atoms with Crippen LogP contribution in [0.25, 0.3) is 0 Å². The molecule has 0 saturated heterocycles. The molecule has 28 heavy (non-hydrogen) atoms. The third-order valence-electron chi connectivity index (χ3n) is 3.89. The van der Waals surface area contributed by atoms with Gasteiger partial charge < -0.3 is 19.8 Å². The second-order valence-electron chi connectivity index (χ2n) is 5.77. The molecule has 0 unspecified atom stereocenters. The van der Waals surface area contributed by atoms with Crippen LogP contribution in [0.2, 0.25) is 0 Å². The summed E-state index contributed by atoms with van der Waals surface area (Å²) in [7, 11) is 1.55. The molecule has 0 bridgehead atoms. The van der Waals surface area contributed by atoms with Gasteiger partial charge >= 0.3 is 0 Å². The molecule has 0 aliphatic carbocycles. The highest BCUT2D eigenvalue weighted by molar-refractivity contribution is 6.02. The molecule has 140 valence electrons. The van der Waals surface area contributed by atoms with Gasteiger partial charge in [-0.25, -0.2) is 0 Å². The van der Waals surface area contributed by atoms with E-state index in [1.165, 1.54) is 0 Å². The number of ether oxygens (including phenoxy) is 1. The van der Waals surface area contributed by atoms with Crippen LogP contribution in [0.15, 0.2) is 65.1 Å². The molecular formula is C21H17N3O4. The Morgan fingerprint density at radius 2 is 1.79 bits per heavy atom. The molecule has 7 heteroatoms. The first-order valence-corrected chi connectivity index (χ1v) is 8.45. The van der Waals surface area contributed by atoms with Crippen molar-refractivity contribution in [2.75, 3.05) is 12.4 Å². The summed E-state index contributed by atoms with van der Waals surface area (Å²) in [5.41, 5.74) is 1.46. The normalized spacial score (nSPS) is 10.0. The van der Waals surface area contributed by atoms with E-state index in [2.05, 4.69) is 16.7 Å². The molecule has 0 saturated carbocycles.